The number of aromatic nitrogens is 2. The molecule has 1 N–H and O–H groups in total. The molecule has 1 heterocycles. The minimum Gasteiger partial charge on any atom is -0.467 e. The van der Waals surface area contributed by atoms with E-state index >= 15 is 0 Å². The molecule has 0 fully saturated rings. The average molecular weight is 450 g/mol. The Labute approximate surface area is 192 Å². The second-order valence-electron chi connectivity index (χ2n) is 7.28. The van der Waals surface area contributed by atoms with Crippen molar-refractivity contribution in [3.8, 4) is 11.1 Å². The minimum atomic E-state index is -0.689. The quantitative estimate of drug-likeness (QED) is 0.487. The van der Waals surface area contributed by atoms with Gasteiger partial charge in [0.25, 0.3) is 5.91 Å². The normalized spacial score (nSPS) is 12.0. The number of hydrogen-bond donors (Lipinski definition) is 1. The summed E-state index contributed by atoms with van der Waals surface area (Å²) < 4.78 is 6.74. The lowest BCUT2D eigenvalue weighted by molar-refractivity contribution is -0.142. The van der Waals surface area contributed by atoms with Crippen molar-refractivity contribution in [1.82, 2.24) is 14.9 Å². The van der Waals surface area contributed by atoms with E-state index in [2.05, 4.69) is 10.3 Å². The summed E-state index contributed by atoms with van der Waals surface area (Å²) in [6.45, 7) is 2.01. The molecule has 1 amide bonds. The molecule has 32 heavy (non-hydrogen) atoms. The zero-order valence-electron chi connectivity index (χ0n) is 18.4. The van der Waals surface area contributed by atoms with E-state index in [1.54, 1.807) is 30.4 Å². The summed E-state index contributed by atoms with van der Waals surface area (Å²) in [5.74, 6) is -0.00232. The Morgan fingerprint density at radius 2 is 2.03 bits per heavy atom. The van der Waals surface area contributed by atoms with E-state index in [9.17, 15) is 9.59 Å². The van der Waals surface area contributed by atoms with E-state index < -0.39 is 12.0 Å². The fourth-order valence-electron chi connectivity index (χ4n) is 3.35. The zero-order valence-corrected chi connectivity index (χ0v) is 19.3. The summed E-state index contributed by atoms with van der Waals surface area (Å²) in [5.41, 5.74) is 4.29. The van der Waals surface area contributed by atoms with Gasteiger partial charge in [-0.3, -0.25) is 4.79 Å². The maximum atomic E-state index is 13.2. The van der Waals surface area contributed by atoms with Gasteiger partial charge in [0.15, 0.2) is 0 Å². The number of imidazole rings is 1. The van der Waals surface area contributed by atoms with Crippen LogP contribution in [0.4, 0.5) is 0 Å². The van der Waals surface area contributed by atoms with Gasteiger partial charge >= 0.3 is 5.97 Å². The van der Waals surface area contributed by atoms with Gasteiger partial charge < -0.3 is 14.6 Å². The number of rotatable bonds is 9. The van der Waals surface area contributed by atoms with Crippen LogP contribution < -0.4 is 5.32 Å². The fraction of sp³-hybridized carbons (Fsp3) is 0.240. The number of methoxy groups -OCH3 is 1. The van der Waals surface area contributed by atoms with Crippen LogP contribution in [-0.2, 0) is 9.53 Å². The molecule has 0 spiro atoms. The molecule has 0 radical (unpaired) electrons. The maximum Gasteiger partial charge on any atom is 0.328 e. The summed E-state index contributed by atoms with van der Waals surface area (Å²) >= 11 is 1.62. The first-order valence-corrected chi connectivity index (χ1v) is 11.7. The molecule has 0 aliphatic carbocycles. The molecule has 7 heteroatoms. The van der Waals surface area contributed by atoms with E-state index in [-0.39, 0.29) is 5.91 Å². The topological polar surface area (TPSA) is 73.2 Å². The molecule has 3 rings (SSSR count). The lowest BCUT2D eigenvalue weighted by atomic mass is 9.93. The van der Waals surface area contributed by atoms with Gasteiger partial charge in [0.2, 0.25) is 0 Å². The molecular weight excluding hydrogens is 422 g/mol. The van der Waals surface area contributed by atoms with Gasteiger partial charge in [-0.15, -0.1) is 0 Å². The van der Waals surface area contributed by atoms with E-state index in [4.69, 9.17) is 4.74 Å². The van der Waals surface area contributed by atoms with Crippen LogP contribution in [0.5, 0.6) is 0 Å². The highest BCUT2D eigenvalue weighted by molar-refractivity contribution is 7.98. The molecule has 0 unspecified atom stereocenters. The number of amides is 1. The largest absolute Gasteiger partial charge is 0.467 e. The molecule has 0 bridgehead atoms. The van der Waals surface area contributed by atoms with Crippen LogP contribution in [0.25, 0.3) is 23.4 Å². The van der Waals surface area contributed by atoms with E-state index in [0.29, 0.717) is 12.0 Å². The Morgan fingerprint density at radius 1 is 1.22 bits per heavy atom. The van der Waals surface area contributed by atoms with Crippen molar-refractivity contribution < 1.29 is 14.3 Å². The zero-order chi connectivity index (χ0) is 22.9. The van der Waals surface area contributed by atoms with Crippen LogP contribution in [0.3, 0.4) is 0 Å². The number of benzene rings is 2. The van der Waals surface area contributed by atoms with Crippen LogP contribution in [0.2, 0.25) is 0 Å². The first kappa shape index (κ1) is 23.3. The Hall–Kier alpha value is -3.32. The van der Waals surface area contributed by atoms with E-state index in [1.807, 2.05) is 72.6 Å². The second kappa shape index (κ2) is 11.3. The van der Waals surface area contributed by atoms with Crippen LogP contribution in [-0.4, -0.2) is 46.6 Å². The van der Waals surface area contributed by atoms with Crippen LogP contribution in [0, 0.1) is 6.92 Å². The van der Waals surface area contributed by atoms with Crippen molar-refractivity contribution in [3.63, 3.8) is 0 Å². The molecule has 6 nitrogen and oxygen atoms in total. The summed E-state index contributed by atoms with van der Waals surface area (Å²) in [6, 6.07) is 12.9. The van der Waals surface area contributed by atoms with E-state index in [0.717, 1.165) is 28.0 Å². The highest BCUT2D eigenvalue weighted by atomic mass is 32.2. The van der Waals surface area contributed by atoms with Crippen LogP contribution in [0.1, 0.15) is 27.9 Å². The van der Waals surface area contributed by atoms with Crippen molar-refractivity contribution >= 4 is 35.9 Å². The number of nitrogens with one attached hydrogen (secondary N) is 1. The number of thioether (sulfide) groups is 1. The first-order valence-electron chi connectivity index (χ1n) is 10.3. The van der Waals surface area contributed by atoms with Crippen LogP contribution >= 0.6 is 11.8 Å². The molecule has 1 aromatic heterocycles. The Balaban J connectivity index is 1.97. The standard InChI is InChI=1S/C25H27N3O3S/c1-18-6-4-5-7-20(18)22-16-19(10-13-28-14-12-26-17-28)8-9-21(22)24(29)27-23(11-15-32-3)25(30)31-2/h4-10,12-14,16-17,23H,11,15H2,1-3H3,(H,27,29)/t23-/m0/s1. The number of aryl methyl sites for hydroxylation is 1. The maximum absolute atomic E-state index is 13.2. The second-order valence-corrected chi connectivity index (χ2v) is 8.26. The van der Waals surface area contributed by atoms with Gasteiger partial charge in [0.1, 0.15) is 6.04 Å². The summed E-state index contributed by atoms with van der Waals surface area (Å²) in [5, 5.41) is 2.87. The number of nitrogens with zero attached hydrogens (tertiary/aromatic N) is 2. The monoisotopic (exact) mass is 449 g/mol. The van der Waals surface area contributed by atoms with Gasteiger partial charge in [-0.05, 0) is 65.8 Å². The predicted octanol–water partition coefficient (Wildman–Crippen LogP) is 4.51. The van der Waals surface area contributed by atoms with Crippen molar-refractivity contribution in [2.75, 3.05) is 19.1 Å². The number of carbonyl (C=O) groups is 2. The Bertz CT molecular complexity index is 1090. The van der Waals surface area contributed by atoms with Crippen LogP contribution in [0.15, 0.2) is 61.2 Å². The molecular formula is C25H27N3O3S. The summed E-state index contributed by atoms with van der Waals surface area (Å²) in [4.78, 5) is 29.5. The van der Waals surface area contributed by atoms with Crippen molar-refractivity contribution in [1.29, 1.82) is 0 Å². The predicted molar refractivity (Wildman–Crippen MR) is 130 cm³/mol. The van der Waals surface area contributed by atoms with Gasteiger partial charge in [-0.25, -0.2) is 9.78 Å². The number of esters is 1. The van der Waals surface area contributed by atoms with Gasteiger partial charge in [0.05, 0.1) is 13.4 Å². The fourth-order valence-corrected chi connectivity index (χ4v) is 3.83. The minimum absolute atomic E-state index is 0.301. The number of hydrogen-bond acceptors (Lipinski definition) is 5. The molecule has 0 saturated heterocycles. The molecule has 0 aliphatic rings. The van der Waals surface area contributed by atoms with Gasteiger partial charge in [-0.2, -0.15) is 11.8 Å². The summed E-state index contributed by atoms with van der Waals surface area (Å²) in [6.07, 6.45) is 11.6. The molecule has 166 valence electrons. The third kappa shape index (κ3) is 5.88. The first-order chi connectivity index (χ1) is 15.5. The van der Waals surface area contributed by atoms with E-state index in [1.165, 1.54) is 7.11 Å². The smallest absolute Gasteiger partial charge is 0.328 e. The molecule has 1 atom stereocenters. The average Bonchev–Trinajstić information content (AvgIpc) is 3.33. The third-order valence-corrected chi connectivity index (χ3v) is 5.73. The van der Waals surface area contributed by atoms with Gasteiger partial charge in [0, 0.05) is 24.2 Å². The summed E-state index contributed by atoms with van der Waals surface area (Å²) in [7, 11) is 1.33. The highest BCUT2D eigenvalue weighted by Gasteiger charge is 2.23. The van der Waals surface area contributed by atoms with Crippen molar-refractivity contribution in [2.45, 2.75) is 19.4 Å². The Morgan fingerprint density at radius 3 is 2.72 bits per heavy atom. The number of ether oxygens (including phenoxy) is 1. The molecule has 0 saturated carbocycles. The molecule has 0 aliphatic heterocycles. The third-order valence-electron chi connectivity index (χ3n) is 5.09. The Kier molecular flexibility index (Phi) is 8.27. The van der Waals surface area contributed by atoms with Crippen molar-refractivity contribution in [2.24, 2.45) is 0 Å². The van der Waals surface area contributed by atoms with Gasteiger partial charge in [-0.1, -0.05) is 30.3 Å². The molecule has 2 aromatic carbocycles. The van der Waals surface area contributed by atoms with Crippen molar-refractivity contribution in [3.05, 3.63) is 77.9 Å². The highest BCUT2D eigenvalue weighted by Crippen LogP contribution is 2.29. The lowest BCUT2D eigenvalue weighted by Gasteiger charge is -2.18. The SMILES string of the molecule is COC(=O)[C@H](CCSC)NC(=O)c1ccc(C=Cn2ccnc2)cc1-c1ccccc1C. The number of carbonyl (C=O) groups excluding carboxylic acids is 2. The lowest BCUT2D eigenvalue weighted by Crippen LogP contribution is -2.42. The molecule has 3 aromatic rings.